The van der Waals surface area contributed by atoms with Gasteiger partial charge in [0.15, 0.2) is 5.82 Å². The molecule has 2 aromatic carbocycles. The van der Waals surface area contributed by atoms with E-state index in [2.05, 4.69) is 25.2 Å². The fourth-order valence-electron chi connectivity index (χ4n) is 2.56. The van der Waals surface area contributed by atoms with E-state index in [1.807, 2.05) is 28.8 Å². The Morgan fingerprint density at radius 3 is 2.64 bits per heavy atom. The van der Waals surface area contributed by atoms with E-state index in [0.29, 0.717) is 18.1 Å². The van der Waals surface area contributed by atoms with E-state index in [-0.39, 0.29) is 5.75 Å². The molecule has 0 radical (unpaired) electrons. The number of nitrogens with zero attached hydrogens (tertiary/aromatic N) is 6. The minimum Gasteiger partial charge on any atom is -0.435 e. The van der Waals surface area contributed by atoms with Crippen molar-refractivity contribution in [1.82, 2.24) is 29.8 Å². The first-order chi connectivity index (χ1) is 12.2. The van der Waals surface area contributed by atoms with Gasteiger partial charge in [0.1, 0.15) is 5.75 Å². The van der Waals surface area contributed by atoms with Gasteiger partial charge in [0, 0.05) is 0 Å². The summed E-state index contributed by atoms with van der Waals surface area (Å²) in [6.07, 6.45) is 1.73. The molecular weight excluding hydrogens is 330 g/mol. The molecule has 0 aliphatic heterocycles. The van der Waals surface area contributed by atoms with Gasteiger partial charge in [-0.2, -0.15) is 13.5 Å². The van der Waals surface area contributed by atoms with Crippen LogP contribution in [-0.4, -0.2) is 36.4 Å². The Balaban J connectivity index is 1.62. The standard InChI is InChI=1S/C16H12F2N6O/c17-16(18)25-12-7-5-11(6-8-12)24-15(20-21-22-24)9-23-10-19-13-3-1-2-4-14(13)23/h1-8,10,16H,9H2. The molecule has 4 rings (SSSR count). The molecule has 2 aromatic heterocycles. The first-order valence-corrected chi connectivity index (χ1v) is 7.43. The van der Waals surface area contributed by atoms with Gasteiger partial charge < -0.3 is 9.30 Å². The lowest BCUT2D eigenvalue weighted by Crippen LogP contribution is -2.08. The molecule has 2 heterocycles. The van der Waals surface area contributed by atoms with Gasteiger partial charge in [0.25, 0.3) is 0 Å². The van der Waals surface area contributed by atoms with Crippen LogP contribution in [0.3, 0.4) is 0 Å². The summed E-state index contributed by atoms with van der Waals surface area (Å²) in [4.78, 5) is 4.34. The van der Waals surface area contributed by atoms with Crippen LogP contribution in [0.5, 0.6) is 5.75 Å². The van der Waals surface area contributed by atoms with Crippen LogP contribution in [0.15, 0.2) is 54.9 Å². The molecular formula is C16H12F2N6O. The van der Waals surface area contributed by atoms with Crippen LogP contribution >= 0.6 is 0 Å². The Hall–Kier alpha value is -3.36. The highest BCUT2D eigenvalue weighted by Gasteiger charge is 2.12. The minimum absolute atomic E-state index is 0.0778. The highest BCUT2D eigenvalue weighted by Crippen LogP contribution is 2.18. The van der Waals surface area contributed by atoms with Crippen LogP contribution in [0.2, 0.25) is 0 Å². The molecule has 0 aliphatic carbocycles. The number of imidazole rings is 1. The average Bonchev–Trinajstić information content (AvgIpc) is 3.23. The number of fused-ring (bicyclic) bond motifs is 1. The SMILES string of the molecule is FC(F)Oc1ccc(-n2nnnc2Cn2cnc3ccccc32)cc1. The average molecular weight is 342 g/mol. The summed E-state index contributed by atoms with van der Waals surface area (Å²) in [5, 5.41) is 11.7. The molecule has 0 N–H and O–H groups in total. The van der Waals surface area contributed by atoms with Crippen LogP contribution < -0.4 is 4.74 Å². The Kier molecular flexibility index (Phi) is 3.81. The molecule has 9 heteroatoms. The lowest BCUT2D eigenvalue weighted by molar-refractivity contribution is -0.0498. The number of para-hydroxylation sites is 2. The largest absolute Gasteiger partial charge is 0.435 e. The number of alkyl halides is 2. The summed E-state index contributed by atoms with van der Waals surface area (Å²) in [7, 11) is 0. The van der Waals surface area contributed by atoms with Crippen molar-refractivity contribution in [2.75, 3.05) is 0 Å². The second-order valence-corrected chi connectivity index (χ2v) is 5.24. The van der Waals surface area contributed by atoms with E-state index in [1.165, 1.54) is 12.1 Å². The molecule has 0 bridgehead atoms. The summed E-state index contributed by atoms with van der Waals surface area (Å²) in [6.45, 7) is -2.44. The quantitative estimate of drug-likeness (QED) is 0.558. The third-order valence-electron chi connectivity index (χ3n) is 3.68. The molecule has 0 amide bonds. The predicted octanol–water partition coefficient (Wildman–Crippen LogP) is 2.66. The third-order valence-corrected chi connectivity index (χ3v) is 3.68. The van der Waals surface area contributed by atoms with Crippen LogP contribution in [0.1, 0.15) is 5.82 Å². The van der Waals surface area contributed by atoms with Crippen molar-refractivity contribution < 1.29 is 13.5 Å². The summed E-state index contributed by atoms with van der Waals surface area (Å²) < 4.78 is 32.3. The van der Waals surface area contributed by atoms with Crippen molar-refractivity contribution >= 4 is 11.0 Å². The summed E-state index contributed by atoms with van der Waals surface area (Å²) in [5.41, 5.74) is 2.50. The van der Waals surface area contributed by atoms with Gasteiger partial charge in [-0.15, -0.1) is 5.10 Å². The zero-order chi connectivity index (χ0) is 17.2. The van der Waals surface area contributed by atoms with E-state index in [9.17, 15) is 8.78 Å². The number of rotatable bonds is 5. The van der Waals surface area contributed by atoms with Gasteiger partial charge in [-0.25, -0.2) is 4.98 Å². The molecule has 0 aliphatic rings. The van der Waals surface area contributed by atoms with Crippen molar-refractivity contribution in [3.63, 3.8) is 0 Å². The van der Waals surface area contributed by atoms with Gasteiger partial charge in [0.2, 0.25) is 0 Å². The Labute approximate surface area is 140 Å². The number of hydrogen-bond donors (Lipinski definition) is 0. The second-order valence-electron chi connectivity index (χ2n) is 5.24. The number of benzene rings is 2. The number of aromatic nitrogens is 6. The molecule has 126 valence electrons. The van der Waals surface area contributed by atoms with Gasteiger partial charge in [-0.05, 0) is 46.8 Å². The molecule has 4 aromatic rings. The maximum atomic E-state index is 12.2. The minimum atomic E-state index is -2.86. The second kappa shape index (κ2) is 6.27. The van der Waals surface area contributed by atoms with Gasteiger partial charge in [0.05, 0.1) is 29.6 Å². The fraction of sp³-hybridized carbons (Fsp3) is 0.125. The molecule has 0 saturated carbocycles. The molecule has 7 nitrogen and oxygen atoms in total. The zero-order valence-electron chi connectivity index (χ0n) is 12.8. The molecule has 0 saturated heterocycles. The number of ether oxygens (including phenoxy) is 1. The van der Waals surface area contributed by atoms with Crippen LogP contribution in [0.25, 0.3) is 16.7 Å². The maximum absolute atomic E-state index is 12.2. The predicted molar refractivity (Wildman–Crippen MR) is 84.6 cm³/mol. The van der Waals surface area contributed by atoms with Crippen LogP contribution in [0.4, 0.5) is 8.78 Å². The van der Waals surface area contributed by atoms with Gasteiger partial charge in [-0.1, -0.05) is 12.1 Å². The zero-order valence-corrected chi connectivity index (χ0v) is 12.8. The summed E-state index contributed by atoms with van der Waals surface area (Å²) in [6, 6.07) is 13.9. The normalized spacial score (nSPS) is 11.3. The van der Waals surface area contributed by atoms with Gasteiger partial charge in [-0.3, -0.25) is 0 Å². The van der Waals surface area contributed by atoms with Crippen molar-refractivity contribution in [3.8, 4) is 11.4 Å². The van der Waals surface area contributed by atoms with Crippen LogP contribution in [0, 0.1) is 0 Å². The van der Waals surface area contributed by atoms with E-state index < -0.39 is 6.61 Å². The number of halogens is 2. The number of tetrazole rings is 1. The molecule has 0 unspecified atom stereocenters. The third kappa shape index (κ3) is 3.03. The summed E-state index contributed by atoms with van der Waals surface area (Å²) in [5.74, 6) is 0.666. The first kappa shape index (κ1) is 15.2. The first-order valence-electron chi connectivity index (χ1n) is 7.43. The Bertz CT molecular complexity index is 995. The smallest absolute Gasteiger partial charge is 0.387 e. The topological polar surface area (TPSA) is 70.7 Å². The highest BCUT2D eigenvalue weighted by atomic mass is 19.3. The Morgan fingerprint density at radius 2 is 1.84 bits per heavy atom. The van der Waals surface area contributed by atoms with E-state index >= 15 is 0 Å². The summed E-state index contributed by atoms with van der Waals surface area (Å²) >= 11 is 0. The van der Waals surface area contributed by atoms with Crippen molar-refractivity contribution in [2.24, 2.45) is 0 Å². The van der Waals surface area contributed by atoms with E-state index in [0.717, 1.165) is 11.0 Å². The molecule has 0 fully saturated rings. The van der Waals surface area contributed by atoms with E-state index in [1.54, 1.807) is 23.1 Å². The van der Waals surface area contributed by atoms with E-state index in [4.69, 9.17) is 0 Å². The van der Waals surface area contributed by atoms with Gasteiger partial charge >= 0.3 is 6.61 Å². The molecule has 25 heavy (non-hydrogen) atoms. The van der Waals surface area contributed by atoms with Crippen molar-refractivity contribution in [1.29, 1.82) is 0 Å². The molecule has 0 spiro atoms. The molecule has 0 atom stereocenters. The fourth-order valence-corrected chi connectivity index (χ4v) is 2.56. The van der Waals surface area contributed by atoms with Crippen molar-refractivity contribution in [3.05, 3.63) is 60.7 Å². The lowest BCUT2D eigenvalue weighted by Gasteiger charge is -2.08. The number of hydrogen-bond acceptors (Lipinski definition) is 5. The highest BCUT2D eigenvalue weighted by molar-refractivity contribution is 5.74. The van der Waals surface area contributed by atoms with Crippen LogP contribution in [-0.2, 0) is 6.54 Å². The Morgan fingerprint density at radius 1 is 1.04 bits per heavy atom. The lowest BCUT2D eigenvalue weighted by atomic mass is 10.3. The maximum Gasteiger partial charge on any atom is 0.387 e. The van der Waals surface area contributed by atoms with Crippen molar-refractivity contribution in [2.45, 2.75) is 13.2 Å². The monoisotopic (exact) mass is 342 g/mol.